The number of thiophene rings is 1. The summed E-state index contributed by atoms with van der Waals surface area (Å²) >= 11 is 1.85. The first-order valence-corrected chi connectivity index (χ1v) is 18.2. The van der Waals surface area contributed by atoms with Crippen LogP contribution < -0.4 is 4.74 Å². The maximum Gasteiger partial charge on any atom is 0.124 e. The second-order valence-electron chi connectivity index (χ2n) is 12.1. The van der Waals surface area contributed by atoms with E-state index in [1.807, 2.05) is 11.3 Å². The third-order valence-electron chi connectivity index (χ3n) is 8.44. The molecular formula is C38H56O6S. The van der Waals surface area contributed by atoms with Gasteiger partial charge in [0.1, 0.15) is 36.3 Å². The number of methoxy groups -OCH3 is 1. The minimum atomic E-state index is -0.392. The predicted molar refractivity (Wildman–Crippen MR) is 185 cm³/mol. The van der Waals surface area contributed by atoms with E-state index < -0.39 is 6.10 Å². The first-order valence-electron chi connectivity index (χ1n) is 17.4. The summed E-state index contributed by atoms with van der Waals surface area (Å²) in [6.07, 6.45) is 7.46. The lowest BCUT2D eigenvalue weighted by Gasteiger charge is -2.46. The highest BCUT2D eigenvalue weighted by molar-refractivity contribution is 7.19. The summed E-state index contributed by atoms with van der Waals surface area (Å²) < 4.78 is 40.6. The Morgan fingerprint density at radius 3 is 2.02 bits per heavy atom. The average molecular weight is 641 g/mol. The molecule has 1 fully saturated rings. The van der Waals surface area contributed by atoms with E-state index in [-0.39, 0.29) is 24.4 Å². The highest BCUT2D eigenvalue weighted by Gasteiger charge is 2.49. The molecule has 0 amide bonds. The lowest BCUT2D eigenvalue weighted by atomic mass is 9.89. The molecule has 45 heavy (non-hydrogen) atoms. The summed E-state index contributed by atoms with van der Waals surface area (Å²) in [6, 6.07) is 17.4. The van der Waals surface area contributed by atoms with Crippen LogP contribution in [-0.4, -0.2) is 64.6 Å². The van der Waals surface area contributed by atoms with E-state index in [4.69, 9.17) is 28.4 Å². The van der Waals surface area contributed by atoms with Gasteiger partial charge in [-0.1, -0.05) is 77.6 Å². The molecule has 0 radical (unpaired) electrons. The summed E-state index contributed by atoms with van der Waals surface area (Å²) in [5.41, 5.74) is 2.21. The van der Waals surface area contributed by atoms with Crippen LogP contribution in [0.1, 0.15) is 101 Å². The minimum Gasteiger partial charge on any atom is -0.496 e. The van der Waals surface area contributed by atoms with Crippen molar-refractivity contribution in [2.24, 2.45) is 0 Å². The molecule has 3 aromatic rings. The second kappa shape index (κ2) is 19.6. The monoisotopic (exact) mass is 640 g/mol. The number of hydrogen-bond donors (Lipinski definition) is 0. The number of unbranched alkanes of at least 4 members (excludes halogenated alkanes) is 4. The normalized spacial score (nSPS) is 21.8. The molecule has 1 aromatic heterocycles. The first kappa shape index (κ1) is 35.8. The fourth-order valence-electron chi connectivity index (χ4n) is 5.85. The highest BCUT2D eigenvalue weighted by atomic mass is 32.1. The molecule has 0 N–H and O–H groups in total. The van der Waals surface area contributed by atoms with E-state index in [0.29, 0.717) is 33.0 Å². The Morgan fingerprint density at radius 1 is 0.711 bits per heavy atom. The van der Waals surface area contributed by atoms with Crippen molar-refractivity contribution in [2.45, 2.75) is 116 Å². The van der Waals surface area contributed by atoms with Crippen molar-refractivity contribution >= 4 is 21.4 Å². The van der Waals surface area contributed by atoms with Crippen LogP contribution in [-0.2, 0) is 30.1 Å². The van der Waals surface area contributed by atoms with E-state index in [0.717, 1.165) is 69.1 Å². The molecule has 6 nitrogen and oxygen atoms in total. The van der Waals surface area contributed by atoms with Gasteiger partial charge in [0.05, 0.1) is 13.7 Å². The molecule has 1 aliphatic heterocycles. The Labute approximate surface area is 275 Å². The molecular weight excluding hydrogens is 584 g/mol. The van der Waals surface area contributed by atoms with Gasteiger partial charge in [-0.2, -0.15) is 0 Å². The molecule has 2 heterocycles. The van der Waals surface area contributed by atoms with Crippen molar-refractivity contribution in [3.63, 3.8) is 0 Å². The Hall–Kier alpha value is -2.00. The average Bonchev–Trinajstić information content (AvgIpc) is 3.47. The molecule has 250 valence electrons. The SMILES string of the molecule is CCCCOC[C@H]1O[C@@H](c2cc(Cc3cc4ccccc4s3)ccc2OC)[C@H](OCCCC)[C@@H](OCCCC)[C@@H]1OCCCC. The molecule has 4 rings (SSSR count). The van der Waals surface area contributed by atoms with Gasteiger partial charge in [0.25, 0.3) is 0 Å². The first-order chi connectivity index (χ1) is 22.1. The van der Waals surface area contributed by atoms with Crippen molar-refractivity contribution in [3.8, 4) is 5.75 Å². The van der Waals surface area contributed by atoms with Gasteiger partial charge < -0.3 is 28.4 Å². The molecule has 1 aliphatic rings. The third-order valence-corrected chi connectivity index (χ3v) is 9.55. The summed E-state index contributed by atoms with van der Waals surface area (Å²) in [5, 5.41) is 1.29. The Bertz CT molecular complexity index is 1210. The summed E-state index contributed by atoms with van der Waals surface area (Å²) in [5.74, 6) is 0.799. The Morgan fingerprint density at radius 2 is 1.36 bits per heavy atom. The molecule has 0 bridgehead atoms. The van der Waals surface area contributed by atoms with Crippen molar-refractivity contribution in [3.05, 3.63) is 64.5 Å². The van der Waals surface area contributed by atoms with E-state index in [9.17, 15) is 0 Å². The van der Waals surface area contributed by atoms with Gasteiger partial charge in [-0.3, -0.25) is 0 Å². The maximum atomic E-state index is 7.04. The fraction of sp³-hybridized carbons (Fsp3) is 0.632. The summed E-state index contributed by atoms with van der Waals surface area (Å²) in [6.45, 7) is 11.9. The Kier molecular flexibility index (Phi) is 15.6. The predicted octanol–water partition coefficient (Wildman–Crippen LogP) is 9.31. The number of fused-ring (bicyclic) bond motifs is 1. The van der Waals surface area contributed by atoms with Crippen LogP contribution >= 0.6 is 11.3 Å². The molecule has 0 saturated carbocycles. The van der Waals surface area contributed by atoms with E-state index >= 15 is 0 Å². The standard InChI is InChI=1S/C38H56O6S/c1-6-10-20-40-27-33-36(41-21-11-7-2)38(43-23-13-9-4)37(42-22-12-8-3)35(44-33)31-25-28(18-19-32(31)39-5)24-30-26-29-16-14-15-17-34(29)45-30/h14-19,25-26,33,35-38H,6-13,20-24,27H2,1-5H3/t33-,35+,36-,37+,38+/m1/s1. The van der Waals surface area contributed by atoms with E-state index in [1.54, 1.807) is 7.11 Å². The largest absolute Gasteiger partial charge is 0.496 e. The van der Waals surface area contributed by atoms with Gasteiger partial charge in [-0.25, -0.2) is 0 Å². The molecule has 0 unspecified atom stereocenters. The van der Waals surface area contributed by atoms with Crippen LogP contribution in [0.4, 0.5) is 0 Å². The van der Waals surface area contributed by atoms with Crippen LogP contribution in [0.2, 0.25) is 0 Å². The van der Waals surface area contributed by atoms with Crippen molar-refractivity contribution in [2.75, 3.05) is 40.1 Å². The van der Waals surface area contributed by atoms with Crippen molar-refractivity contribution in [1.82, 2.24) is 0 Å². The van der Waals surface area contributed by atoms with Crippen molar-refractivity contribution in [1.29, 1.82) is 0 Å². The number of hydrogen-bond acceptors (Lipinski definition) is 7. The topological polar surface area (TPSA) is 55.4 Å². The van der Waals surface area contributed by atoms with Crippen LogP contribution in [0.3, 0.4) is 0 Å². The summed E-state index contributed by atoms with van der Waals surface area (Å²) in [7, 11) is 1.73. The molecule has 5 atom stereocenters. The number of ether oxygens (including phenoxy) is 6. The van der Waals surface area contributed by atoms with Gasteiger partial charge in [0.2, 0.25) is 0 Å². The molecule has 0 aliphatic carbocycles. The molecule has 1 saturated heterocycles. The molecule has 0 spiro atoms. The molecule has 2 aromatic carbocycles. The van der Waals surface area contributed by atoms with Gasteiger partial charge in [0, 0.05) is 48.0 Å². The van der Waals surface area contributed by atoms with E-state index in [1.165, 1.54) is 20.5 Å². The van der Waals surface area contributed by atoms with Crippen LogP contribution in [0, 0.1) is 0 Å². The fourth-order valence-corrected chi connectivity index (χ4v) is 6.95. The van der Waals surface area contributed by atoms with Gasteiger partial charge in [-0.05, 0) is 60.9 Å². The van der Waals surface area contributed by atoms with Gasteiger partial charge in [0.15, 0.2) is 0 Å². The van der Waals surface area contributed by atoms with Gasteiger partial charge in [-0.15, -0.1) is 11.3 Å². The van der Waals surface area contributed by atoms with Crippen molar-refractivity contribution < 1.29 is 28.4 Å². The van der Waals surface area contributed by atoms with Crippen LogP contribution in [0.15, 0.2) is 48.5 Å². The number of benzene rings is 2. The summed E-state index contributed by atoms with van der Waals surface area (Å²) in [4.78, 5) is 1.33. The lowest BCUT2D eigenvalue weighted by Crippen LogP contribution is -2.58. The zero-order valence-electron chi connectivity index (χ0n) is 28.3. The second-order valence-corrected chi connectivity index (χ2v) is 13.3. The quantitative estimate of drug-likeness (QED) is 0.108. The Balaban J connectivity index is 1.71. The number of rotatable bonds is 21. The zero-order valence-corrected chi connectivity index (χ0v) is 29.1. The minimum absolute atomic E-state index is 0.286. The third kappa shape index (κ3) is 10.2. The van der Waals surface area contributed by atoms with Crippen LogP contribution in [0.25, 0.3) is 10.1 Å². The smallest absolute Gasteiger partial charge is 0.124 e. The van der Waals surface area contributed by atoms with Gasteiger partial charge >= 0.3 is 0 Å². The van der Waals surface area contributed by atoms with Crippen LogP contribution in [0.5, 0.6) is 5.75 Å². The maximum absolute atomic E-state index is 7.04. The molecule has 7 heteroatoms. The lowest BCUT2D eigenvalue weighted by molar-refractivity contribution is -0.268. The zero-order chi connectivity index (χ0) is 31.9. The van der Waals surface area contributed by atoms with E-state index in [2.05, 4.69) is 76.2 Å². The highest BCUT2D eigenvalue weighted by Crippen LogP contribution is 2.42.